The van der Waals surface area contributed by atoms with E-state index in [4.69, 9.17) is 9.84 Å². The SMILES string of the molecule is I[I-]I.O=C(O)/C=C1\CCc2ccc3c(c21)CCO3. The van der Waals surface area contributed by atoms with Gasteiger partial charge in [0.05, 0.1) is 6.61 Å². The van der Waals surface area contributed by atoms with Crippen LogP contribution in [-0.4, -0.2) is 17.7 Å². The van der Waals surface area contributed by atoms with Gasteiger partial charge in [-0.2, -0.15) is 0 Å². The van der Waals surface area contributed by atoms with Gasteiger partial charge in [-0.05, 0) is 35.6 Å². The van der Waals surface area contributed by atoms with Crippen LogP contribution in [0, 0.1) is 0 Å². The van der Waals surface area contributed by atoms with E-state index in [0.29, 0.717) is 19.9 Å². The van der Waals surface area contributed by atoms with Gasteiger partial charge < -0.3 is 9.84 Å². The minimum absolute atomic E-state index is 0.530. The van der Waals surface area contributed by atoms with Crippen LogP contribution in [0.3, 0.4) is 0 Å². The van der Waals surface area contributed by atoms with Gasteiger partial charge in [-0.25, -0.2) is 4.79 Å². The second-order valence-electron chi connectivity index (χ2n) is 4.24. The Morgan fingerprint density at radius 3 is 2.74 bits per heavy atom. The van der Waals surface area contributed by atoms with Crippen LogP contribution >= 0.6 is 37.2 Å². The van der Waals surface area contributed by atoms with Crippen LogP contribution in [0.5, 0.6) is 5.75 Å². The fourth-order valence-corrected chi connectivity index (χ4v) is 2.62. The minimum atomic E-state index is -0.862. The fourth-order valence-electron chi connectivity index (χ4n) is 2.62. The van der Waals surface area contributed by atoms with Gasteiger partial charge in [0.2, 0.25) is 0 Å². The molecule has 0 aromatic heterocycles. The largest absolute Gasteiger partial charge is 0.493 e. The van der Waals surface area contributed by atoms with Crippen molar-refractivity contribution in [2.75, 3.05) is 6.61 Å². The molecular formula is C13H12I3O3-. The average Bonchev–Trinajstić information content (AvgIpc) is 2.95. The standard InChI is InChI=1S/C13H12O3.I3/c14-12(15)7-9-2-1-8-3-4-11-10(13(8)9)5-6-16-11;1-3-2/h3-4,7H,1-2,5-6H2,(H,14,15);/q;-1/b9-7+;. The van der Waals surface area contributed by atoms with Crippen LogP contribution in [-0.2, 0) is 17.6 Å². The maximum atomic E-state index is 10.8. The Bertz CT molecular complexity index is 526. The normalized spacial score (nSPS) is 17.5. The van der Waals surface area contributed by atoms with E-state index in [1.807, 2.05) is 6.07 Å². The summed E-state index contributed by atoms with van der Waals surface area (Å²) in [4.78, 5) is 10.8. The molecular weight excluding hydrogens is 585 g/mol. The third kappa shape index (κ3) is 3.74. The third-order valence-electron chi connectivity index (χ3n) is 3.25. The van der Waals surface area contributed by atoms with Gasteiger partial charge in [0.1, 0.15) is 5.75 Å². The summed E-state index contributed by atoms with van der Waals surface area (Å²) < 4.78 is 5.50. The summed E-state index contributed by atoms with van der Waals surface area (Å²) in [5, 5.41) is 8.84. The van der Waals surface area contributed by atoms with E-state index in [9.17, 15) is 4.79 Å². The number of allylic oxidation sites excluding steroid dienone is 1. The Kier molecular flexibility index (Phi) is 6.18. The molecule has 0 fully saturated rings. The molecule has 1 N–H and O–H groups in total. The monoisotopic (exact) mass is 597 g/mol. The topological polar surface area (TPSA) is 46.5 Å². The molecule has 3 nitrogen and oxygen atoms in total. The van der Waals surface area contributed by atoms with Crippen LogP contribution in [0.4, 0.5) is 0 Å². The van der Waals surface area contributed by atoms with E-state index in [2.05, 4.69) is 43.3 Å². The maximum absolute atomic E-state index is 10.8. The predicted molar refractivity (Wildman–Crippen MR) is 87.6 cm³/mol. The molecule has 104 valence electrons. The van der Waals surface area contributed by atoms with E-state index < -0.39 is 5.97 Å². The molecule has 1 heterocycles. The van der Waals surface area contributed by atoms with E-state index in [1.165, 1.54) is 17.2 Å². The zero-order valence-electron chi connectivity index (χ0n) is 9.96. The van der Waals surface area contributed by atoms with Gasteiger partial charge in [0.25, 0.3) is 0 Å². The number of benzene rings is 1. The van der Waals surface area contributed by atoms with Crippen LogP contribution in [0.2, 0.25) is 0 Å². The molecule has 0 unspecified atom stereocenters. The summed E-state index contributed by atoms with van der Waals surface area (Å²) >= 11 is 5.30. The number of ether oxygens (including phenoxy) is 1. The molecule has 0 saturated carbocycles. The molecule has 6 heteroatoms. The first-order chi connectivity index (χ1) is 9.17. The number of carboxylic acid groups (broad SMARTS) is 1. The number of carboxylic acids is 1. The number of aliphatic carboxylic acids is 1. The van der Waals surface area contributed by atoms with Crippen molar-refractivity contribution >= 4 is 48.8 Å². The molecule has 0 amide bonds. The summed E-state index contributed by atoms with van der Waals surface area (Å²) in [6.07, 6.45) is 4.01. The molecule has 1 aliphatic heterocycles. The van der Waals surface area contributed by atoms with Gasteiger partial charge in [0, 0.05) is 18.1 Å². The zero-order chi connectivity index (χ0) is 13.8. The van der Waals surface area contributed by atoms with Crippen LogP contribution in [0.1, 0.15) is 23.1 Å². The van der Waals surface area contributed by atoms with Crippen molar-refractivity contribution < 1.29 is 27.9 Å². The van der Waals surface area contributed by atoms with Crippen LogP contribution < -0.4 is 18.0 Å². The second-order valence-corrected chi connectivity index (χ2v) is 20.5. The summed E-state index contributed by atoms with van der Waals surface area (Å²) in [5.41, 5.74) is 4.54. The molecule has 3 rings (SSSR count). The third-order valence-corrected chi connectivity index (χ3v) is 3.25. The number of aryl methyl sites for hydroxylation is 1. The molecule has 0 radical (unpaired) electrons. The smallest absolute Gasteiger partial charge is 0.328 e. The van der Waals surface area contributed by atoms with Crippen molar-refractivity contribution in [3.63, 3.8) is 0 Å². The molecule has 19 heavy (non-hydrogen) atoms. The second kappa shape index (κ2) is 7.43. The molecule has 0 spiro atoms. The molecule has 0 bridgehead atoms. The van der Waals surface area contributed by atoms with E-state index >= 15 is 0 Å². The summed E-state index contributed by atoms with van der Waals surface area (Å²) in [7, 11) is 0. The molecule has 2 aliphatic rings. The molecule has 0 saturated heterocycles. The number of fused-ring (bicyclic) bond motifs is 3. The quantitative estimate of drug-likeness (QED) is 0.386. The summed E-state index contributed by atoms with van der Waals surface area (Å²) in [6.45, 7) is 0.714. The Morgan fingerprint density at radius 1 is 1.32 bits per heavy atom. The van der Waals surface area contributed by atoms with Gasteiger partial charge in [0.15, 0.2) is 0 Å². The summed E-state index contributed by atoms with van der Waals surface area (Å²) in [6, 6.07) is 4.06. The van der Waals surface area contributed by atoms with Gasteiger partial charge in [-0.15, -0.1) is 0 Å². The van der Waals surface area contributed by atoms with E-state index in [0.717, 1.165) is 36.1 Å². The van der Waals surface area contributed by atoms with Gasteiger partial charge >= 0.3 is 56.5 Å². The van der Waals surface area contributed by atoms with Crippen LogP contribution in [0.15, 0.2) is 18.2 Å². The van der Waals surface area contributed by atoms with Crippen molar-refractivity contribution in [3.8, 4) is 5.75 Å². The van der Waals surface area contributed by atoms with Gasteiger partial charge in [-0.3, -0.25) is 0 Å². The first-order valence-corrected chi connectivity index (χ1v) is 18.3. The average molecular weight is 597 g/mol. The van der Waals surface area contributed by atoms with Crippen LogP contribution in [0.25, 0.3) is 5.57 Å². The summed E-state index contributed by atoms with van der Waals surface area (Å²) in [5.74, 6) is 0.0660. The molecule has 0 atom stereocenters. The zero-order valence-corrected chi connectivity index (χ0v) is 16.4. The Balaban J connectivity index is 0.000000408. The number of carbonyl (C=O) groups is 1. The Hall–Kier alpha value is 0.420. The van der Waals surface area contributed by atoms with Crippen molar-refractivity contribution in [1.82, 2.24) is 0 Å². The van der Waals surface area contributed by atoms with Gasteiger partial charge in [-0.1, -0.05) is 6.07 Å². The maximum Gasteiger partial charge on any atom is 0.328 e. The predicted octanol–water partition coefficient (Wildman–Crippen LogP) is 0.811. The Labute approximate surface area is 141 Å². The van der Waals surface area contributed by atoms with Crippen molar-refractivity contribution in [2.45, 2.75) is 19.3 Å². The fraction of sp³-hybridized carbons (Fsp3) is 0.308. The first-order valence-electron chi connectivity index (χ1n) is 5.75. The first kappa shape index (κ1) is 15.8. The number of hydrogen-bond acceptors (Lipinski definition) is 2. The molecule has 1 aromatic rings. The van der Waals surface area contributed by atoms with Crippen molar-refractivity contribution in [1.29, 1.82) is 0 Å². The van der Waals surface area contributed by atoms with Crippen molar-refractivity contribution in [3.05, 3.63) is 34.9 Å². The number of hydrogen-bond donors (Lipinski definition) is 1. The number of rotatable bonds is 1. The van der Waals surface area contributed by atoms with E-state index in [-0.39, 0.29) is 0 Å². The van der Waals surface area contributed by atoms with E-state index in [1.54, 1.807) is 0 Å². The Morgan fingerprint density at radius 2 is 2.05 bits per heavy atom. The minimum Gasteiger partial charge on any atom is -0.493 e. The number of halogens is 3. The van der Waals surface area contributed by atoms with Crippen molar-refractivity contribution in [2.24, 2.45) is 0 Å². The molecule has 1 aromatic carbocycles. The molecule has 1 aliphatic carbocycles.